The van der Waals surface area contributed by atoms with Crippen LogP contribution < -0.4 is 20.3 Å². The first-order chi connectivity index (χ1) is 15.9. The van der Waals surface area contributed by atoms with Crippen molar-refractivity contribution in [2.75, 3.05) is 7.11 Å². The molecule has 1 unspecified atom stereocenters. The minimum absolute atomic E-state index is 0.141. The lowest BCUT2D eigenvalue weighted by Crippen LogP contribution is -2.47. The lowest BCUT2D eigenvalue weighted by Gasteiger charge is -2.15. The van der Waals surface area contributed by atoms with Crippen molar-refractivity contribution in [3.8, 4) is 17.2 Å². The number of aryl methyl sites for hydroxylation is 1. The summed E-state index contributed by atoms with van der Waals surface area (Å²) in [6, 6.07) is 20.7. The third kappa shape index (κ3) is 4.95. The second-order valence-corrected chi connectivity index (χ2v) is 7.53. The topological polar surface area (TPSA) is 94.5 Å². The Morgan fingerprint density at radius 2 is 1.76 bits per heavy atom. The molecule has 4 rings (SSSR count). The maximum absolute atomic E-state index is 12.5. The van der Waals surface area contributed by atoms with Gasteiger partial charge in [-0.2, -0.15) is 5.10 Å². The van der Waals surface area contributed by atoms with Gasteiger partial charge in [0, 0.05) is 6.20 Å². The molecular weight excluding hydrogens is 420 g/mol. The number of carbonyl (C=O) groups excluding carboxylic acids is 2. The predicted octanol–water partition coefficient (Wildman–Crippen LogP) is 3.57. The number of methoxy groups -OCH3 is 1. The van der Waals surface area contributed by atoms with Crippen LogP contribution in [-0.2, 0) is 4.79 Å². The maximum atomic E-state index is 12.5. The molecule has 1 heterocycles. The van der Waals surface area contributed by atoms with E-state index in [4.69, 9.17) is 9.47 Å². The molecule has 8 nitrogen and oxygen atoms in total. The van der Waals surface area contributed by atoms with E-state index in [9.17, 15) is 9.59 Å². The second-order valence-electron chi connectivity index (χ2n) is 7.53. The van der Waals surface area contributed by atoms with Gasteiger partial charge in [0.15, 0.2) is 11.8 Å². The molecule has 2 amide bonds. The number of nitrogens with zero attached hydrogens (tertiary/aromatic N) is 2. The van der Waals surface area contributed by atoms with Crippen molar-refractivity contribution in [3.05, 3.63) is 84.2 Å². The van der Waals surface area contributed by atoms with Gasteiger partial charge in [-0.15, -0.1) is 0 Å². The van der Waals surface area contributed by atoms with Gasteiger partial charge < -0.3 is 9.47 Å². The van der Waals surface area contributed by atoms with Gasteiger partial charge in [0.2, 0.25) is 0 Å². The Morgan fingerprint density at radius 3 is 2.55 bits per heavy atom. The van der Waals surface area contributed by atoms with Crippen LogP contribution in [0.25, 0.3) is 16.5 Å². The Kier molecular flexibility index (Phi) is 6.26. The first-order valence-corrected chi connectivity index (χ1v) is 10.4. The highest BCUT2D eigenvalue weighted by atomic mass is 16.5. The summed E-state index contributed by atoms with van der Waals surface area (Å²) in [5.41, 5.74) is 6.63. The first-order valence-electron chi connectivity index (χ1n) is 10.4. The smallest absolute Gasteiger partial charge is 0.290 e. The van der Waals surface area contributed by atoms with Gasteiger partial charge in [-0.05, 0) is 60.5 Å². The number of rotatable bonds is 6. The summed E-state index contributed by atoms with van der Waals surface area (Å²) in [6.07, 6.45) is 0.833. The minimum Gasteiger partial charge on any atom is -0.494 e. The van der Waals surface area contributed by atoms with E-state index in [1.807, 2.05) is 61.5 Å². The molecule has 1 aromatic heterocycles. The molecule has 0 aliphatic rings. The van der Waals surface area contributed by atoms with E-state index >= 15 is 0 Å². The zero-order valence-corrected chi connectivity index (χ0v) is 18.5. The van der Waals surface area contributed by atoms with Crippen LogP contribution in [0.1, 0.15) is 23.0 Å². The number of nitrogens with one attached hydrogen (secondary N) is 2. The summed E-state index contributed by atoms with van der Waals surface area (Å²) in [4.78, 5) is 24.9. The lowest BCUT2D eigenvalue weighted by atomic mass is 10.1. The van der Waals surface area contributed by atoms with Crippen molar-refractivity contribution in [2.45, 2.75) is 20.0 Å². The fourth-order valence-corrected chi connectivity index (χ4v) is 3.34. The van der Waals surface area contributed by atoms with E-state index < -0.39 is 17.9 Å². The molecule has 0 fully saturated rings. The Labute approximate surface area is 191 Å². The van der Waals surface area contributed by atoms with Crippen molar-refractivity contribution in [1.82, 2.24) is 20.6 Å². The number of carbonyl (C=O) groups is 2. The summed E-state index contributed by atoms with van der Waals surface area (Å²) >= 11 is 0. The van der Waals surface area contributed by atoms with E-state index in [1.165, 1.54) is 0 Å². The van der Waals surface area contributed by atoms with Crippen LogP contribution in [0, 0.1) is 6.92 Å². The van der Waals surface area contributed by atoms with E-state index in [1.54, 1.807) is 37.0 Å². The molecule has 0 aliphatic heterocycles. The van der Waals surface area contributed by atoms with Crippen molar-refractivity contribution in [2.24, 2.45) is 0 Å². The highest BCUT2D eigenvalue weighted by Gasteiger charge is 2.18. The van der Waals surface area contributed by atoms with Crippen molar-refractivity contribution < 1.29 is 19.1 Å². The van der Waals surface area contributed by atoms with E-state index in [0.717, 1.165) is 16.3 Å². The van der Waals surface area contributed by atoms with Crippen LogP contribution in [-0.4, -0.2) is 34.8 Å². The number of hydrogen-bond acceptors (Lipinski definition) is 5. The predicted molar refractivity (Wildman–Crippen MR) is 124 cm³/mol. The second kappa shape index (κ2) is 9.44. The van der Waals surface area contributed by atoms with Gasteiger partial charge in [0.05, 0.1) is 7.11 Å². The van der Waals surface area contributed by atoms with Crippen LogP contribution in [0.3, 0.4) is 0 Å². The molecule has 4 aromatic rings. The van der Waals surface area contributed by atoms with Crippen LogP contribution in [0.5, 0.6) is 11.5 Å². The SMILES string of the molecule is COc1ccc(C)cc1-n1ccc(C(=O)NNC(=O)C(C)Oc2ccc3ccccc3c2)n1. The number of hydrazine groups is 1. The quantitative estimate of drug-likeness (QED) is 0.444. The summed E-state index contributed by atoms with van der Waals surface area (Å²) in [5, 5.41) is 6.38. The monoisotopic (exact) mass is 444 g/mol. The molecule has 1 atom stereocenters. The maximum Gasteiger partial charge on any atom is 0.290 e. The Hall–Kier alpha value is -4.33. The molecule has 0 aliphatic carbocycles. The van der Waals surface area contributed by atoms with E-state index in [0.29, 0.717) is 17.2 Å². The van der Waals surface area contributed by atoms with Crippen LogP contribution >= 0.6 is 0 Å². The molecule has 0 spiro atoms. The summed E-state index contributed by atoms with van der Waals surface area (Å²) in [7, 11) is 1.57. The highest BCUT2D eigenvalue weighted by molar-refractivity contribution is 5.94. The normalized spacial score (nSPS) is 11.6. The number of ether oxygens (including phenoxy) is 2. The number of hydrogen-bond donors (Lipinski definition) is 2. The summed E-state index contributed by atoms with van der Waals surface area (Å²) < 4.78 is 12.6. The van der Waals surface area contributed by atoms with Crippen LogP contribution in [0.4, 0.5) is 0 Å². The number of amides is 2. The molecule has 3 aromatic carbocycles. The molecule has 33 heavy (non-hydrogen) atoms. The molecule has 168 valence electrons. The molecule has 0 saturated carbocycles. The van der Waals surface area contributed by atoms with Gasteiger partial charge in [0.1, 0.15) is 17.2 Å². The lowest BCUT2D eigenvalue weighted by molar-refractivity contribution is -0.128. The van der Waals surface area contributed by atoms with Crippen LogP contribution in [0.15, 0.2) is 72.9 Å². The van der Waals surface area contributed by atoms with Crippen molar-refractivity contribution in [1.29, 1.82) is 0 Å². The zero-order chi connectivity index (χ0) is 23.4. The molecule has 8 heteroatoms. The molecule has 0 bridgehead atoms. The Bertz CT molecular complexity index is 1310. The molecule has 0 saturated heterocycles. The van der Waals surface area contributed by atoms with Gasteiger partial charge in [-0.1, -0.05) is 36.4 Å². The van der Waals surface area contributed by atoms with Gasteiger partial charge in [-0.3, -0.25) is 20.4 Å². The first kappa shape index (κ1) is 21.9. The molecule has 2 N–H and O–H groups in total. The van der Waals surface area contributed by atoms with E-state index in [-0.39, 0.29) is 5.69 Å². The van der Waals surface area contributed by atoms with Gasteiger partial charge in [-0.25, -0.2) is 4.68 Å². The number of benzene rings is 3. The van der Waals surface area contributed by atoms with Gasteiger partial charge in [0.25, 0.3) is 11.8 Å². The minimum atomic E-state index is -0.819. The average Bonchev–Trinajstić information content (AvgIpc) is 3.32. The number of aromatic nitrogens is 2. The average molecular weight is 444 g/mol. The summed E-state index contributed by atoms with van der Waals surface area (Å²) in [5.74, 6) is 0.153. The van der Waals surface area contributed by atoms with Gasteiger partial charge >= 0.3 is 0 Å². The molecular formula is C25H24N4O4. The highest BCUT2D eigenvalue weighted by Crippen LogP contribution is 2.24. The zero-order valence-electron chi connectivity index (χ0n) is 18.5. The standard InChI is InChI=1S/C25H24N4O4/c1-16-8-11-23(32-3)22(14-16)29-13-12-21(28-29)25(31)27-26-24(30)17(2)33-20-10-9-18-6-4-5-7-19(18)15-20/h4-15,17H,1-3H3,(H,26,30)(H,27,31). The number of fused-ring (bicyclic) bond motifs is 1. The fourth-order valence-electron chi connectivity index (χ4n) is 3.34. The van der Waals surface area contributed by atoms with E-state index in [2.05, 4.69) is 16.0 Å². The third-order valence-electron chi connectivity index (χ3n) is 5.11. The fraction of sp³-hybridized carbons (Fsp3) is 0.160. The molecule has 0 radical (unpaired) electrons. The van der Waals surface area contributed by atoms with Crippen molar-refractivity contribution >= 4 is 22.6 Å². The Balaban J connectivity index is 1.36. The van der Waals surface area contributed by atoms with Crippen molar-refractivity contribution in [3.63, 3.8) is 0 Å². The van der Waals surface area contributed by atoms with Crippen LogP contribution in [0.2, 0.25) is 0 Å². The summed E-state index contributed by atoms with van der Waals surface area (Å²) in [6.45, 7) is 3.56. The Morgan fingerprint density at radius 1 is 0.970 bits per heavy atom. The largest absolute Gasteiger partial charge is 0.494 e. The third-order valence-corrected chi connectivity index (χ3v) is 5.11.